The molecule has 1 aromatic heterocycles. The van der Waals surface area contributed by atoms with Gasteiger partial charge in [0.1, 0.15) is 0 Å². The van der Waals surface area contributed by atoms with E-state index in [0.717, 1.165) is 0 Å². The number of halogens is 2. The summed E-state index contributed by atoms with van der Waals surface area (Å²) in [5, 5.41) is 14.9. The molecule has 0 aliphatic heterocycles. The van der Waals surface area contributed by atoms with E-state index in [0.29, 0.717) is 16.7 Å². The summed E-state index contributed by atoms with van der Waals surface area (Å²) in [5.74, 6) is -0.737. The zero-order valence-electron chi connectivity index (χ0n) is 9.20. The van der Waals surface area contributed by atoms with Crippen LogP contribution in [0.2, 0.25) is 0 Å². The minimum Gasteiger partial charge on any atom is -0.333 e. The maximum Gasteiger partial charge on any atom is 0.315 e. The highest BCUT2D eigenvalue weighted by Crippen LogP contribution is 2.29. The Kier molecular flexibility index (Phi) is 2.79. The highest BCUT2D eigenvalue weighted by Gasteiger charge is 2.18. The molecule has 0 aliphatic rings. The van der Waals surface area contributed by atoms with E-state index in [1.807, 2.05) is 0 Å². The Bertz CT molecular complexity index is 529. The van der Waals surface area contributed by atoms with Gasteiger partial charge >= 0.3 is 6.43 Å². The molecule has 0 atom stereocenters. The summed E-state index contributed by atoms with van der Waals surface area (Å²) >= 11 is 0. The normalized spacial score (nSPS) is 11.1. The van der Waals surface area contributed by atoms with Crippen molar-refractivity contribution < 1.29 is 18.4 Å². The van der Waals surface area contributed by atoms with Gasteiger partial charge in [-0.05, 0) is 37.1 Å². The SMILES string of the molecule is Cc1cc(-c2noc(C(F)F)n2)cc(C)c1[O]. The van der Waals surface area contributed by atoms with E-state index >= 15 is 0 Å². The molecule has 6 heteroatoms. The van der Waals surface area contributed by atoms with E-state index in [-0.39, 0.29) is 11.6 Å². The number of aromatic nitrogens is 2. The van der Waals surface area contributed by atoms with Crippen LogP contribution in [0.5, 0.6) is 5.75 Å². The summed E-state index contributed by atoms with van der Waals surface area (Å²) in [6, 6.07) is 3.10. The lowest BCUT2D eigenvalue weighted by Crippen LogP contribution is -1.87. The molecule has 1 heterocycles. The Hall–Kier alpha value is -1.98. The number of hydrogen-bond acceptors (Lipinski definition) is 3. The molecule has 1 aromatic carbocycles. The van der Waals surface area contributed by atoms with Gasteiger partial charge in [0.05, 0.1) is 0 Å². The molecular formula is C11H9F2N2O2. The lowest BCUT2D eigenvalue weighted by atomic mass is 10.1. The summed E-state index contributed by atoms with van der Waals surface area (Å²) in [6.07, 6.45) is -2.79. The maximum absolute atomic E-state index is 12.3. The van der Waals surface area contributed by atoms with Crippen LogP contribution in [0.25, 0.3) is 11.4 Å². The van der Waals surface area contributed by atoms with Crippen LogP contribution in [-0.2, 0) is 5.11 Å². The summed E-state index contributed by atoms with van der Waals surface area (Å²) in [7, 11) is 0. The zero-order chi connectivity index (χ0) is 12.6. The van der Waals surface area contributed by atoms with Crippen LogP contribution in [0.1, 0.15) is 23.4 Å². The number of nitrogens with zero attached hydrogens (tertiary/aromatic N) is 2. The molecule has 2 aromatic rings. The van der Waals surface area contributed by atoms with Gasteiger partial charge in [0.15, 0.2) is 5.75 Å². The van der Waals surface area contributed by atoms with Crippen LogP contribution in [-0.4, -0.2) is 10.1 Å². The molecule has 2 rings (SSSR count). The molecule has 0 fully saturated rings. The Labute approximate surface area is 95.9 Å². The van der Waals surface area contributed by atoms with E-state index < -0.39 is 12.3 Å². The van der Waals surface area contributed by atoms with Crippen LogP contribution >= 0.6 is 0 Å². The molecule has 0 unspecified atom stereocenters. The third kappa shape index (κ3) is 2.11. The minimum absolute atomic E-state index is 0.0616. The third-order valence-electron chi connectivity index (χ3n) is 2.35. The first-order valence-electron chi connectivity index (χ1n) is 4.89. The van der Waals surface area contributed by atoms with Crippen LogP contribution in [0, 0.1) is 13.8 Å². The number of aryl methyl sites for hydroxylation is 2. The molecular weight excluding hydrogens is 230 g/mol. The van der Waals surface area contributed by atoms with Crippen molar-refractivity contribution in [1.82, 2.24) is 10.1 Å². The van der Waals surface area contributed by atoms with Crippen LogP contribution < -0.4 is 0 Å². The topological polar surface area (TPSA) is 58.8 Å². The second kappa shape index (κ2) is 4.12. The molecule has 1 radical (unpaired) electrons. The molecule has 0 amide bonds. The van der Waals surface area contributed by atoms with E-state index in [9.17, 15) is 13.9 Å². The average Bonchev–Trinajstić information content (AvgIpc) is 2.74. The predicted octanol–water partition coefficient (Wildman–Crippen LogP) is 3.43. The Morgan fingerprint density at radius 1 is 1.24 bits per heavy atom. The Balaban J connectivity index is 2.46. The number of hydrogen-bond donors (Lipinski definition) is 0. The number of rotatable bonds is 2. The average molecular weight is 239 g/mol. The summed E-state index contributed by atoms with van der Waals surface area (Å²) in [5.41, 5.74) is 1.53. The van der Waals surface area contributed by atoms with Gasteiger partial charge in [-0.15, -0.1) is 0 Å². The van der Waals surface area contributed by atoms with Gasteiger partial charge in [0.2, 0.25) is 5.82 Å². The fourth-order valence-electron chi connectivity index (χ4n) is 1.52. The van der Waals surface area contributed by atoms with Crippen molar-refractivity contribution in [1.29, 1.82) is 0 Å². The van der Waals surface area contributed by atoms with Gasteiger partial charge in [0, 0.05) is 5.56 Å². The smallest absolute Gasteiger partial charge is 0.315 e. The van der Waals surface area contributed by atoms with Gasteiger partial charge in [-0.2, -0.15) is 13.8 Å². The largest absolute Gasteiger partial charge is 0.333 e. The summed E-state index contributed by atoms with van der Waals surface area (Å²) in [4.78, 5) is 3.56. The monoisotopic (exact) mass is 239 g/mol. The van der Waals surface area contributed by atoms with E-state index in [1.165, 1.54) is 0 Å². The maximum atomic E-state index is 12.3. The molecule has 0 saturated heterocycles. The lowest BCUT2D eigenvalue weighted by Gasteiger charge is -2.02. The van der Waals surface area contributed by atoms with Crippen molar-refractivity contribution in [3.05, 3.63) is 29.2 Å². The first-order valence-corrected chi connectivity index (χ1v) is 4.89. The molecule has 4 nitrogen and oxygen atoms in total. The fourth-order valence-corrected chi connectivity index (χ4v) is 1.52. The number of alkyl halides is 2. The molecule has 0 aliphatic carbocycles. The van der Waals surface area contributed by atoms with Crippen molar-refractivity contribution >= 4 is 0 Å². The van der Waals surface area contributed by atoms with Crippen molar-refractivity contribution in [2.24, 2.45) is 0 Å². The first kappa shape index (κ1) is 11.5. The molecule has 0 saturated carbocycles. The quantitative estimate of drug-likeness (QED) is 0.806. The van der Waals surface area contributed by atoms with Crippen molar-refractivity contribution in [2.75, 3.05) is 0 Å². The second-order valence-corrected chi connectivity index (χ2v) is 3.70. The van der Waals surface area contributed by atoms with E-state index in [4.69, 9.17) is 0 Å². The van der Waals surface area contributed by atoms with Crippen molar-refractivity contribution in [3.8, 4) is 17.1 Å². The minimum atomic E-state index is -2.79. The van der Waals surface area contributed by atoms with Crippen LogP contribution in [0.3, 0.4) is 0 Å². The van der Waals surface area contributed by atoms with Crippen LogP contribution in [0.15, 0.2) is 16.7 Å². The molecule has 17 heavy (non-hydrogen) atoms. The lowest BCUT2D eigenvalue weighted by molar-refractivity contribution is 0.106. The standard InChI is InChI=1S/C11H9F2N2O2/c1-5-3-7(4-6(2)8(5)16)10-14-11(9(12)13)17-15-10/h3-4,9H,1-2H3. The van der Waals surface area contributed by atoms with Crippen molar-refractivity contribution in [2.45, 2.75) is 20.3 Å². The van der Waals surface area contributed by atoms with Gasteiger partial charge in [-0.3, -0.25) is 5.11 Å². The highest BCUT2D eigenvalue weighted by molar-refractivity contribution is 5.60. The number of benzene rings is 1. The molecule has 0 spiro atoms. The van der Waals surface area contributed by atoms with Gasteiger partial charge in [-0.1, -0.05) is 5.16 Å². The van der Waals surface area contributed by atoms with Gasteiger partial charge in [-0.25, -0.2) is 0 Å². The molecule has 0 bridgehead atoms. The second-order valence-electron chi connectivity index (χ2n) is 3.70. The Morgan fingerprint density at radius 3 is 2.29 bits per heavy atom. The van der Waals surface area contributed by atoms with Gasteiger partial charge < -0.3 is 4.52 Å². The van der Waals surface area contributed by atoms with Gasteiger partial charge in [0.25, 0.3) is 5.89 Å². The molecule has 89 valence electrons. The fraction of sp³-hybridized carbons (Fsp3) is 0.273. The van der Waals surface area contributed by atoms with E-state index in [2.05, 4.69) is 14.7 Å². The first-order chi connectivity index (χ1) is 7.99. The summed E-state index contributed by atoms with van der Waals surface area (Å²) in [6.45, 7) is 3.29. The van der Waals surface area contributed by atoms with E-state index in [1.54, 1.807) is 26.0 Å². The Morgan fingerprint density at radius 2 is 1.82 bits per heavy atom. The predicted molar refractivity (Wildman–Crippen MR) is 54.3 cm³/mol. The zero-order valence-corrected chi connectivity index (χ0v) is 9.20. The highest BCUT2D eigenvalue weighted by atomic mass is 19.3. The van der Waals surface area contributed by atoms with Crippen molar-refractivity contribution in [3.63, 3.8) is 0 Å². The van der Waals surface area contributed by atoms with Crippen LogP contribution in [0.4, 0.5) is 8.78 Å². The molecule has 0 N–H and O–H groups in total. The summed E-state index contributed by atoms with van der Waals surface area (Å²) < 4.78 is 28.9. The third-order valence-corrected chi connectivity index (χ3v) is 2.35.